The van der Waals surface area contributed by atoms with Crippen molar-refractivity contribution in [1.29, 1.82) is 0 Å². The van der Waals surface area contributed by atoms with Gasteiger partial charge in [0.25, 0.3) is 0 Å². The van der Waals surface area contributed by atoms with Crippen LogP contribution in [-0.2, 0) is 0 Å². The van der Waals surface area contributed by atoms with Gasteiger partial charge in [0.1, 0.15) is 0 Å². The largest absolute Gasteiger partial charge is 0.394 e. The Kier molecular flexibility index (Phi) is 4.11. The quantitative estimate of drug-likeness (QED) is 0.672. The number of likely N-dealkylation sites (N-methyl/N-ethyl adjacent to an activating group) is 2. The van der Waals surface area contributed by atoms with Crippen LogP contribution < -0.4 is 5.32 Å². The van der Waals surface area contributed by atoms with Crippen molar-refractivity contribution in [1.82, 2.24) is 10.2 Å². The zero-order valence-corrected chi connectivity index (χ0v) is 11.6. The van der Waals surface area contributed by atoms with E-state index in [-0.39, 0.29) is 12.1 Å². The van der Waals surface area contributed by atoms with Crippen LogP contribution in [0, 0.1) is 17.8 Å². The second kappa shape index (κ2) is 5.25. The molecule has 0 aromatic heterocycles. The Bertz CT molecular complexity index is 255. The van der Waals surface area contributed by atoms with Crippen molar-refractivity contribution in [3.63, 3.8) is 0 Å². The minimum absolute atomic E-state index is 0.0401. The molecule has 2 fully saturated rings. The van der Waals surface area contributed by atoms with Gasteiger partial charge in [-0.1, -0.05) is 13.8 Å². The Hall–Kier alpha value is -0.120. The summed E-state index contributed by atoms with van der Waals surface area (Å²) in [6, 6.07) is 0. The summed E-state index contributed by atoms with van der Waals surface area (Å²) in [5.74, 6) is 2.50. The molecule has 0 radical (unpaired) electrons. The van der Waals surface area contributed by atoms with Crippen molar-refractivity contribution in [2.75, 3.05) is 33.3 Å². The SMILES string of the molecule is CCNC(CO)(CN(C)CC1CC1C)C1CC1. The van der Waals surface area contributed by atoms with Crippen LogP contribution >= 0.6 is 0 Å². The number of hydrogen-bond acceptors (Lipinski definition) is 3. The Morgan fingerprint density at radius 3 is 2.47 bits per heavy atom. The van der Waals surface area contributed by atoms with E-state index in [2.05, 4.69) is 31.1 Å². The fraction of sp³-hybridized carbons (Fsp3) is 1.00. The number of aliphatic hydroxyl groups is 1. The van der Waals surface area contributed by atoms with Crippen LogP contribution in [0.5, 0.6) is 0 Å². The van der Waals surface area contributed by atoms with E-state index in [1.165, 1.54) is 25.8 Å². The van der Waals surface area contributed by atoms with Crippen molar-refractivity contribution in [3.05, 3.63) is 0 Å². The van der Waals surface area contributed by atoms with Crippen molar-refractivity contribution in [3.8, 4) is 0 Å². The van der Waals surface area contributed by atoms with Crippen LogP contribution in [0.25, 0.3) is 0 Å². The van der Waals surface area contributed by atoms with Crippen LogP contribution in [0.15, 0.2) is 0 Å². The molecule has 0 heterocycles. The standard InChI is InChI=1S/C14H28N2O/c1-4-15-14(10-17,13-5-6-13)9-16(3)8-12-7-11(12)2/h11-13,15,17H,4-10H2,1-3H3. The fourth-order valence-electron chi connectivity index (χ4n) is 3.15. The molecule has 0 spiro atoms. The molecule has 3 heteroatoms. The van der Waals surface area contributed by atoms with Gasteiger partial charge in [-0.2, -0.15) is 0 Å². The van der Waals surface area contributed by atoms with E-state index in [4.69, 9.17) is 0 Å². The second-order valence-corrected chi connectivity index (χ2v) is 6.29. The minimum Gasteiger partial charge on any atom is -0.394 e. The smallest absolute Gasteiger partial charge is 0.0628 e. The number of aliphatic hydroxyl groups excluding tert-OH is 1. The van der Waals surface area contributed by atoms with Crippen LogP contribution in [0.3, 0.4) is 0 Å². The van der Waals surface area contributed by atoms with Gasteiger partial charge in [0, 0.05) is 13.1 Å². The predicted octanol–water partition coefficient (Wildman–Crippen LogP) is 1.32. The van der Waals surface area contributed by atoms with Gasteiger partial charge in [0.15, 0.2) is 0 Å². The summed E-state index contributed by atoms with van der Waals surface area (Å²) in [4.78, 5) is 2.42. The van der Waals surface area contributed by atoms with E-state index in [1.807, 2.05) is 0 Å². The third kappa shape index (κ3) is 3.21. The molecular weight excluding hydrogens is 212 g/mol. The topological polar surface area (TPSA) is 35.5 Å². The maximum Gasteiger partial charge on any atom is 0.0628 e. The molecule has 3 atom stereocenters. The summed E-state index contributed by atoms with van der Waals surface area (Å²) in [6.07, 6.45) is 3.95. The van der Waals surface area contributed by atoms with E-state index >= 15 is 0 Å². The maximum absolute atomic E-state index is 9.78. The van der Waals surface area contributed by atoms with Gasteiger partial charge in [-0.05, 0) is 50.6 Å². The van der Waals surface area contributed by atoms with Crippen LogP contribution in [-0.4, -0.2) is 48.8 Å². The fourth-order valence-corrected chi connectivity index (χ4v) is 3.15. The highest BCUT2D eigenvalue weighted by Gasteiger charge is 2.45. The van der Waals surface area contributed by atoms with Gasteiger partial charge in [-0.3, -0.25) is 0 Å². The first-order valence-electron chi connectivity index (χ1n) is 7.15. The number of hydrogen-bond donors (Lipinski definition) is 2. The predicted molar refractivity (Wildman–Crippen MR) is 71.0 cm³/mol. The molecule has 100 valence electrons. The van der Waals surface area contributed by atoms with Gasteiger partial charge in [0.05, 0.1) is 12.1 Å². The molecule has 3 unspecified atom stereocenters. The average molecular weight is 240 g/mol. The summed E-state index contributed by atoms with van der Waals surface area (Å²) in [7, 11) is 2.20. The van der Waals surface area contributed by atoms with E-state index in [0.717, 1.165) is 24.9 Å². The normalized spacial score (nSPS) is 31.6. The third-order valence-corrected chi connectivity index (χ3v) is 4.54. The number of nitrogens with one attached hydrogen (secondary N) is 1. The molecule has 3 nitrogen and oxygen atoms in total. The highest BCUT2D eigenvalue weighted by Crippen LogP contribution is 2.41. The zero-order valence-electron chi connectivity index (χ0n) is 11.6. The number of nitrogens with zero attached hydrogens (tertiary/aromatic N) is 1. The summed E-state index contributed by atoms with van der Waals surface area (Å²) in [6.45, 7) is 7.88. The van der Waals surface area contributed by atoms with Crippen LogP contribution in [0.4, 0.5) is 0 Å². The molecular formula is C14H28N2O. The van der Waals surface area contributed by atoms with Gasteiger partial charge < -0.3 is 15.3 Å². The lowest BCUT2D eigenvalue weighted by molar-refractivity contribution is 0.100. The van der Waals surface area contributed by atoms with Gasteiger partial charge in [0.2, 0.25) is 0 Å². The first-order valence-corrected chi connectivity index (χ1v) is 7.15. The highest BCUT2D eigenvalue weighted by molar-refractivity contribution is 5.02. The van der Waals surface area contributed by atoms with Crippen LogP contribution in [0.2, 0.25) is 0 Å². The molecule has 2 aliphatic carbocycles. The third-order valence-electron chi connectivity index (χ3n) is 4.54. The van der Waals surface area contributed by atoms with Crippen molar-refractivity contribution >= 4 is 0 Å². The Labute approximate surface area is 106 Å². The molecule has 0 saturated heterocycles. The molecule has 2 N–H and O–H groups in total. The lowest BCUT2D eigenvalue weighted by Gasteiger charge is -2.37. The first kappa shape index (κ1) is 13.3. The molecule has 0 aromatic rings. The molecule has 0 aromatic carbocycles. The Balaban J connectivity index is 1.86. The van der Waals surface area contributed by atoms with Gasteiger partial charge in [-0.15, -0.1) is 0 Å². The molecule has 0 aliphatic heterocycles. The van der Waals surface area contributed by atoms with Crippen molar-refractivity contribution in [2.45, 2.75) is 38.6 Å². The molecule has 0 bridgehead atoms. The summed E-state index contributed by atoms with van der Waals surface area (Å²) in [5, 5.41) is 13.3. The van der Waals surface area contributed by atoms with Gasteiger partial charge >= 0.3 is 0 Å². The monoisotopic (exact) mass is 240 g/mol. The maximum atomic E-state index is 9.78. The summed E-state index contributed by atoms with van der Waals surface area (Å²) < 4.78 is 0. The number of rotatable bonds is 8. The molecule has 17 heavy (non-hydrogen) atoms. The molecule has 2 aliphatic rings. The van der Waals surface area contributed by atoms with Gasteiger partial charge in [-0.25, -0.2) is 0 Å². The van der Waals surface area contributed by atoms with E-state index in [9.17, 15) is 5.11 Å². The Morgan fingerprint density at radius 1 is 1.41 bits per heavy atom. The Morgan fingerprint density at radius 2 is 2.06 bits per heavy atom. The van der Waals surface area contributed by atoms with E-state index in [0.29, 0.717) is 5.92 Å². The highest BCUT2D eigenvalue weighted by atomic mass is 16.3. The second-order valence-electron chi connectivity index (χ2n) is 6.29. The lowest BCUT2D eigenvalue weighted by Crippen LogP contribution is -2.57. The van der Waals surface area contributed by atoms with E-state index in [1.54, 1.807) is 0 Å². The zero-order chi connectivity index (χ0) is 12.5. The summed E-state index contributed by atoms with van der Waals surface area (Å²) >= 11 is 0. The minimum atomic E-state index is -0.0401. The van der Waals surface area contributed by atoms with Crippen molar-refractivity contribution < 1.29 is 5.11 Å². The molecule has 0 amide bonds. The first-order chi connectivity index (χ1) is 8.11. The average Bonchev–Trinajstić information content (AvgIpc) is 3.16. The summed E-state index contributed by atoms with van der Waals surface area (Å²) in [5.41, 5.74) is -0.0401. The van der Waals surface area contributed by atoms with E-state index < -0.39 is 0 Å². The van der Waals surface area contributed by atoms with Crippen LogP contribution in [0.1, 0.15) is 33.1 Å². The van der Waals surface area contributed by atoms with Crippen molar-refractivity contribution in [2.24, 2.45) is 17.8 Å². The molecule has 2 saturated carbocycles. The lowest BCUT2D eigenvalue weighted by atomic mass is 9.93. The molecule has 2 rings (SSSR count).